The molecule has 3 N–H and O–H groups in total. The average Bonchev–Trinajstić information content (AvgIpc) is 3.45. The quantitative estimate of drug-likeness (QED) is 0.754. The minimum Gasteiger partial charge on any atom is -0.478 e. The number of nitrogens with one attached hydrogen (secondary N) is 2. The third-order valence-corrected chi connectivity index (χ3v) is 4.04. The molecule has 6 heteroatoms. The van der Waals surface area contributed by atoms with E-state index >= 15 is 0 Å². The van der Waals surface area contributed by atoms with Crippen LogP contribution in [0.1, 0.15) is 39.1 Å². The predicted molar refractivity (Wildman–Crippen MR) is 92.4 cm³/mol. The monoisotopic (exact) mass is 338 g/mol. The summed E-state index contributed by atoms with van der Waals surface area (Å²) in [6.45, 7) is 0.430. The van der Waals surface area contributed by atoms with Gasteiger partial charge >= 0.3 is 5.97 Å². The van der Waals surface area contributed by atoms with Gasteiger partial charge in [-0.05, 0) is 42.7 Å². The smallest absolute Gasteiger partial charge is 0.337 e. The van der Waals surface area contributed by atoms with Crippen LogP contribution in [0.5, 0.6) is 0 Å². The van der Waals surface area contributed by atoms with E-state index in [1.54, 1.807) is 42.5 Å². The number of aromatic carboxylic acids is 1. The lowest BCUT2D eigenvalue weighted by atomic mass is 10.1. The molecule has 0 aromatic heterocycles. The van der Waals surface area contributed by atoms with E-state index in [-0.39, 0.29) is 29.0 Å². The van der Waals surface area contributed by atoms with Crippen molar-refractivity contribution in [1.82, 2.24) is 5.32 Å². The maximum atomic E-state index is 12.3. The Morgan fingerprint density at radius 2 is 1.68 bits per heavy atom. The summed E-state index contributed by atoms with van der Waals surface area (Å²) in [6.07, 6.45) is 1.92. The first-order valence-electron chi connectivity index (χ1n) is 8.05. The molecule has 3 rings (SSSR count). The van der Waals surface area contributed by atoms with E-state index in [9.17, 15) is 14.4 Å². The Morgan fingerprint density at radius 1 is 1.00 bits per heavy atom. The van der Waals surface area contributed by atoms with Crippen LogP contribution in [0, 0.1) is 5.92 Å². The molecule has 1 saturated carbocycles. The van der Waals surface area contributed by atoms with E-state index in [1.165, 1.54) is 6.07 Å². The number of carbonyl (C=O) groups excluding carboxylic acids is 2. The molecule has 0 saturated heterocycles. The van der Waals surface area contributed by atoms with Gasteiger partial charge in [-0.1, -0.05) is 24.3 Å². The number of benzene rings is 2. The van der Waals surface area contributed by atoms with Gasteiger partial charge in [-0.2, -0.15) is 0 Å². The van der Waals surface area contributed by atoms with Crippen molar-refractivity contribution >= 4 is 23.5 Å². The fourth-order valence-electron chi connectivity index (χ4n) is 2.43. The van der Waals surface area contributed by atoms with E-state index in [0.717, 1.165) is 18.4 Å². The molecule has 0 aliphatic heterocycles. The number of rotatable bonds is 6. The van der Waals surface area contributed by atoms with Crippen molar-refractivity contribution in [2.24, 2.45) is 5.92 Å². The van der Waals surface area contributed by atoms with Gasteiger partial charge in [-0.3, -0.25) is 9.59 Å². The lowest BCUT2D eigenvalue weighted by Crippen LogP contribution is -2.24. The minimum absolute atomic E-state index is 0.0373. The van der Waals surface area contributed by atoms with Crippen LogP contribution in [0.25, 0.3) is 0 Å². The first-order chi connectivity index (χ1) is 12.0. The van der Waals surface area contributed by atoms with Crippen LogP contribution < -0.4 is 10.6 Å². The van der Waals surface area contributed by atoms with Gasteiger partial charge in [-0.25, -0.2) is 4.79 Å². The second kappa shape index (κ2) is 7.17. The predicted octanol–water partition coefficient (Wildman–Crippen LogP) is 2.66. The highest BCUT2D eigenvalue weighted by Crippen LogP contribution is 2.28. The normalized spacial score (nSPS) is 13.1. The lowest BCUT2D eigenvalue weighted by molar-refractivity contribution is -0.122. The first-order valence-corrected chi connectivity index (χ1v) is 8.05. The molecule has 0 heterocycles. The van der Waals surface area contributed by atoms with Gasteiger partial charge in [0.25, 0.3) is 5.91 Å². The van der Waals surface area contributed by atoms with Crippen molar-refractivity contribution < 1.29 is 19.5 Å². The molecule has 2 aromatic rings. The number of anilines is 1. The summed E-state index contributed by atoms with van der Waals surface area (Å²) in [7, 11) is 0. The largest absolute Gasteiger partial charge is 0.478 e. The van der Waals surface area contributed by atoms with E-state index in [4.69, 9.17) is 5.11 Å². The van der Waals surface area contributed by atoms with Crippen LogP contribution in [-0.4, -0.2) is 22.9 Å². The van der Waals surface area contributed by atoms with E-state index < -0.39 is 5.97 Å². The highest BCUT2D eigenvalue weighted by molar-refractivity contribution is 6.07. The zero-order chi connectivity index (χ0) is 17.8. The molecule has 0 spiro atoms. The molecule has 2 aromatic carbocycles. The molecule has 0 atom stereocenters. The highest BCUT2D eigenvalue weighted by Gasteiger charge is 2.29. The summed E-state index contributed by atoms with van der Waals surface area (Å²) in [4.78, 5) is 35.1. The fourth-order valence-corrected chi connectivity index (χ4v) is 2.43. The zero-order valence-corrected chi connectivity index (χ0v) is 13.5. The molecular formula is C19H18N2O4. The molecule has 1 fully saturated rings. The summed E-state index contributed by atoms with van der Waals surface area (Å²) in [6, 6.07) is 13.1. The van der Waals surface area contributed by atoms with Crippen molar-refractivity contribution in [2.75, 3.05) is 5.32 Å². The maximum absolute atomic E-state index is 12.3. The Bertz CT molecular complexity index is 810. The summed E-state index contributed by atoms with van der Waals surface area (Å²) in [5, 5.41) is 14.6. The Kier molecular flexibility index (Phi) is 4.79. The number of hydrogen-bond donors (Lipinski definition) is 3. The molecule has 0 unspecified atom stereocenters. The number of amides is 2. The fraction of sp³-hybridized carbons (Fsp3) is 0.211. The van der Waals surface area contributed by atoms with Crippen molar-refractivity contribution in [3.05, 3.63) is 65.2 Å². The van der Waals surface area contributed by atoms with Gasteiger partial charge < -0.3 is 15.7 Å². The van der Waals surface area contributed by atoms with Crippen LogP contribution in [-0.2, 0) is 11.3 Å². The van der Waals surface area contributed by atoms with Gasteiger partial charge in [0.1, 0.15) is 0 Å². The molecule has 1 aliphatic carbocycles. The Hall–Kier alpha value is -3.15. The molecule has 0 bridgehead atoms. The summed E-state index contributed by atoms with van der Waals surface area (Å²) in [5.41, 5.74) is 1.60. The van der Waals surface area contributed by atoms with Gasteiger partial charge in [0, 0.05) is 18.0 Å². The van der Waals surface area contributed by atoms with Crippen molar-refractivity contribution in [3.8, 4) is 0 Å². The SMILES string of the molecule is O=C(Nc1ccccc1C(=O)O)c1ccc(CNC(=O)C2CC2)cc1. The molecule has 0 radical (unpaired) electrons. The number of carbonyl (C=O) groups is 3. The second-order valence-corrected chi connectivity index (χ2v) is 5.99. The van der Waals surface area contributed by atoms with Crippen LogP contribution in [0.2, 0.25) is 0 Å². The van der Waals surface area contributed by atoms with Gasteiger partial charge in [-0.15, -0.1) is 0 Å². The van der Waals surface area contributed by atoms with Crippen LogP contribution in [0.15, 0.2) is 48.5 Å². The zero-order valence-electron chi connectivity index (χ0n) is 13.5. The third-order valence-electron chi connectivity index (χ3n) is 4.04. The second-order valence-electron chi connectivity index (χ2n) is 5.99. The number of carboxylic acids is 1. The summed E-state index contributed by atoms with van der Waals surface area (Å²) < 4.78 is 0. The molecule has 1 aliphatic rings. The van der Waals surface area contributed by atoms with Crippen LogP contribution in [0.4, 0.5) is 5.69 Å². The molecular weight excluding hydrogens is 320 g/mol. The number of carboxylic acid groups (broad SMARTS) is 1. The van der Waals surface area contributed by atoms with Crippen LogP contribution >= 0.6 is 0 Å². The summed E-state index contributed by atoms with van der Waals surface area (Å²) >= 11 is 0. The number of hydrogen-bond acceptors (Lipinski definition) is 3. The van der Waals surface area contributed by atoms with Crippen molar-refractivity contribution in [2.45, 2.75) is 19.4 Å². The van der Waals surface area contributed by atoms with E-state index in [1.807, 2.05) is 0 Å². The highest BCUT2D eigenvalue weighted by atomic mass is 16.4. The lowest BCUT2D eigenvalue weighted by Gasteiger charge is -2.09. The standard InChI is InChI=1S/C19H18N2O4/c22-17(13-9-10-13)20-11-12-5-7-14(8-6-12)18(23)21-16-4-2-1-3-15(16)19(24)25/h1-8,13H,9-11H2,(H,20,22)(H,21,23)(H,24,25). The van der Waals surface area contributed by atoms with E-state index in [2.05, 4.69) is 10.6 Å². The molecule has 2 amide bonds. The third kappa shape index (κ3) is 4.23. The van der Waals surface area contributed by atoms with Gasteiger partial charge in [0.05, 0.1) is 11.3 Å². The summed E-state index contributed by atoms with van der Waals surface area (Å²) in [5.74, 6) is -1.24. The van der Waals surface area contributed by atoms with E-state index in [0.29, 0.717) is 12.1 Å². The van der Waals surface area contributed by atoms with Crippen molar-refractivity contribution in [3.63, 3.8) is 0 Å². The Balaban J connectivity index is 1.62. The molecule has 25 heavy (non-hydrogen) atoms. The van der Waals surface area contributed by atoms with Gasteiger partial charge in [0.15, 0.2) is 0 Å². The maximum Gasteiger partial charge on any atom is 0.337 e. The minimum atomic E-state index is -1.10. The number of para-hydroxylation sites is 1. The molecule has 6 nitrogen and oxygen atoms in total. The average molecular weight is 338 g/mol. The van der Waals surface area contributed by atoms with Gasteiger partial charge in [0.2, 0.25) is 5.91 Å². The van der Waals surface area contributed by atoms with Crippen molar-refractivity contribution in [1.29, 1.82) is 0 Å². The topological polar surface area (TPSA) is 95.5 Å². The first kappa shape index (κ1) is 16.7. The Morgan fingerprint density at radius 3 is 2.32 bits per heavy atom. The molecule has 128 valence electrons. The Labute approximate surface area is 144 Å². The van der Waals surface area contributed by atoms with Crippen LogP contribution in [0.3, 0.4) is 0 Å².